The van der Waals surface area contributed by atoms with Gasteiger partial charge in [-0.3, -0.25) is 4.90 Å². The number of hydrogen-bond donors (Lipinski definition) is 0. The van der Waals surface area contributed by atoms with E-state index in [2.05, 4.69) is 59.4 Å². The summed E-state index contributed by atoms with van der Waals surface area (Å²) >= 11 is 1.71. The van der Waals surface area contributed by atoms with Crippen LogP contribution in [0.2, 0.25) is 0 Å². The number of morpholine rings is 2. The summed E-state index contributed by atoms with van der Waals surface area (Å²) in [6.07, 6.45) is 0.362. The van der Waals surface area contributed by atoms with Crippen LogP contribution in [0.5, 0.6) is 0 Å². The van der Waals surface area contributed by atoms with Gasteiger partial charge < -0.3 is 14.4 Å². The molecule has 3 aromatic rings. The number of rotatable bonds is 4. The molecule has 2 saturated heterocycles. The second-order valence-electron chi connectivity index (χ2n) is 8.21. The molecule has 0 spiro atoms. The van der Waals surface area contributed by atoms with Crippen molar-refractivity contribution < 1.29 is 9.47 Å². The van der Waals surface area contributed by atoms with Crippen molar-refractivity contribution in [3.05, 3.63) is 41.5 Å². The number of ether oxygens (including phenoxy) is 2. The van der Waals surface area contributed by atoms with Crippen molar-refractivity contribution in [3.63, 3.8) is 0 Å². The SMILES string of the molecule is C[C@@H]1CN(c2nc(CN3CCOCC3)nc3scc(-c4ccccc4)c23)C[C@@H](C)O1. The van der Waals surface area contributed by atoms with E-state index in [0.717, 1.165) is 62.4 Å². The molecule has 0 amide bonds. The van der Waals surface area contributed by atoms with E-state index in [1.54, 1.807) is 11.3 Å². The highest BCUT2D eigenvalue weighted by Gasteiger charge is 2.27. The van der Waals surface area contributed by atoms with E-state index in [4.69, 9.17) is 19.4 Å². The quantitative estimate of drug-likeness (QED) is 0.635. The van der Waals surface area contributed by atoms with Crippen molar-refractivity contribution in [1.82, 2.24) is 14.9 Å². The lowest BCUT2D eigenvalue weighted by molar-refractivity contribution is -0.00541. The second kappa shape index (κ2) is 8.59. The summed E-state index contributed by atoms with van der Waals surface area (Å²) in [6.45, 7) is 10.2. The molecule has 2 aliphatic heterocycles. The summed E-state index contributed by atoms with van der Waals surface area (Å²) in [5.74, 6) is 1.94. The Morgan fingerprint density at radius 1 is 1.03 bits per heavy atom. The smallest absolute Gasteiger partial charge is 0.146 e. The Balaban J connectivity index is 1.59. The van der Waals surface area contributed by atoms with Crippen LogP contribution in [0.3, 0.4) is 0 Å². The van der Waals surface area contributed by atoms with E-state index < -0.39 is 0 Å². The molecule has 0 bridgehead atoms. The Labute approximate surface area is 181 Å². The lowest BCUT2D eigenvalue weighted by Gasteiger charge is -2.36. The summed E-state index contributed by atoms with van der Waals surface area (Å²) in [5, 5.41) is 3.39. The van der Waals surface area contributed by atoms with Crippen LogP contribution in [0.25, 0.3) is 21.3 Å². The molecule has 1 aromatic carbocycles. The maximum Gasteiger partial charge on any atom is 0.146 e. The molecular weight excluding hydrogens is 396 g/mol. The highest BCUT2D eigenvalue weighted by atomic mass is 32.1. The average Bonchev–Trinajstić information content (AvgIpc) is 3.18. The Bertz CT molecular complexity index is 993. The maximum absolute atomic E-state index is 5.99. The first kappa shape index (κ1) is 19.9. The molecule has 0 radical (unpaired) electrons. The summed E-state index contributed by atoms with van der Waals surface area (Å²) in [6, 6.07) is 10.6. The zero-order valence-corrected chi connectivity index (χ0v) is 18.4. The number of thiophene rings is 1. The van der Waals surface area contributed by atoms with Gasteiger partial charge in [-0.25, -0.2) is 9.97 Å². The van der Waals surface area contributed by atoms with E-state index in [1.165, 1.54) is 16.5 Å². The predicted octanol–water partition coefficient (Wildman–Crippen LogP) is 3.80. The number of anilines is 1. The van der Waals surface area contributed by atoms with Crippen molar-refractivity contribution in [3.8, 4) is 11.1 Å². The Morgan fingerprint density at radius 2 is 1.77 bits per heavy atom. The molecule has 158 valence electrons. The first-order valence-electron chi connectivity index (χ1n) is 10.7. The van der Waals surface area contributed by atoms with E-state index in [-0.39, 0.29) is 12.2 Å². The summed E-state index contributed by atoms with van der Waals surface area (Å²) < 4.78 is 11.5. The fraction of sp³-hybridized carbons (Fsp3) is 0.478. The molecule has 5 rings (SSSR count). The van der Waals surface area contributed by atoms with E-state index in [1.807, 2.05) is 0 Å². The second-order valence-corrected chi connectivity index (χ2v) is 9.07. The number of fused-ring (bicyclic) bond motifs is 1. The van der Waals surface area contributed by atoms with E-state index in [0.29, 0.717) is 0 Å². The van der Waals surface area contributed by atoms with Crippen molar-refractivity contribution in [1.29, 1.82) is 0 Å². The van der Waals surface area contributed by atoms with Crippen LogP contribution in [0.4, 0.5) is 5.82 Å². The molecule has 2 aromatic heterocycles. The van der Waals surface area contributed by atoms with E-state index in [9.17, 15) is 0 Å². The van der Waals surface area contributed by atoms with Crippen LogP contribution in [0, 0.1) is 0 Å². The number of nitrogens with zero attached hydrogens (tertiary/aromatic N) is 4. The van der Waals surface area contributed by atoms with Crippen LogP contribution in [-0.4, -0.2) is 66.5 Å². The molecule has 4 heterocycles. The monoisotopic (exact) mass is 424 g/mol. The van der Waals surface area contributed by atoms with Crippen molar-refractivity contribution in [2.45, 2.75) is 32.6 Å². The molecule has 0 unspecified atom stereocenters. The highest BCUT2D eigenvalue weighted by molar-refractivity contribution is 7.17. The first-order valence-corrected chi connectivity index (χ1v) is 11.6. The Morgan fingerprint density at radius 3 is 2.50 bits per heavy atom. The zero-order valence-electron chi connectivity index (χ0n) is 17.6. The van der Waals surface area contributed by atoms with Crippen molar-refractivity contribution in [2.24, 2.45) is 0 Å². The van der Waals surface area contributed by atoms with Gasteiger partial charge in [-0.05, 0) is 19.4 Å². The molecular formula is C23H28N4O2S. The molecule has 7 heteroatoms. The molecule has 0 saturated carbocycles. The van der Waals surface area contributed by atoms with Crippen molar-refractivity contribution in [2.75, 3.05) is 44.3 Å². The molecule has 0 N–H and O–H groups in total. The van der Waals surface area contributed by atoms with Gasteiger partial charge in [0.2, 0.25) is 0 Å². The standard InChI is InChI=1S/C23H28N4O2S/c1-16-12-27(13-17(2)29-16)22-21-19(18-6-4-3-5-7-18)15-30-23(21)25-20(24-22)14-26-8-10-28-11-9-26/h3-7,15-17H,8-14H2,1-2H3/t16-,17-/m1/s1. The van der Waals surface area contributed by atoms with E-state index >= 15 is 0 Å². The lowest BCUT2D eigenvalue weighted by Crippen LogP contribution is -2.46. The van der Waals surface area contributed by atoms with Gasteiger partial charge in [0, 0.05) is 37.1 Å². The minimum absolute atomic E-state index is 0.181. The fourth-order valence-corrected chi connectivity index (χ4v) is 5.37. The molecule has 2 atom stereocenters. The third-order valence-corrected chi connectivity index (χ3v) is 6.61. The van der Waals surface area contributed by atoms with Gasteiger partial charge >= 0.3 is 0 Å². The first-order chi connectivity index (χ1) is 14.7. The lowest BCUT2D eigenvalue weighted by atomic mass is 10.1. The van der Waals surface area contributed by atoms with Gasteiger partial charge in [-0.1, -0.05) is 30.3 Å². The Hall–Kier alpha value is -2.06. The largest absolute Gasteiger partial charge is 0.379 e. The van der Waals surface area contributed by atoms with Gasteiger partial charge in [0.1, 0.15) is 16.5 Å². The fourth-order valence-electron chi connectivity index (χ4n) is 4.41. The molecule has 2 fully saturated rings. The third kappa shape index (κ3) is 4.07. The van der Waals surface area contributed by atoms with Crippen LogP contribution < -0.4 is 4.90 Å². The van der Waals surface area contributed by atoms with Crippen LogP contribution in [-0.2, 0) is 16.0 Å². The summed E-state index contributed by atoms with van der Waals surface area (Å²) in [4.78, 5) is 15.9. The zero-order chi connectivity index (χ0) is 20.5. The summed E-state index contributed by atoms with van der Waals surface area (Å²) in [7, 11) is 0. The Kier molecular flexibility index (Phi) is 5.69. The minimum atomic E-state index is 0.181. The average molecular weight is 425 g/mol. The van der Waals surface area contributed by atoms with Crippen molar-refractivity contribution >= 4 is 27.4 Å². The molecule has 6 nitrogen and oxygen atoms in total. The van der Waals surface area contributed by atoms with Gasteiger partial charge in [-0.2, -0.15) is 0 Å². The van der Waals surface area contributed by atoms with Crippen LogP contribution in [0.15, 0.2) is 35.7 Å². The summed E-state index contributed by atoms with van der Waals surface area (Å²) in [5.41, 5.74) is 2.43. The number of hydrogen-bond acceptors (Lipinski definition) is 7. The third-order valence-electron chi connectivity index (χ3n) is 5.73. The molecule has 30 heavy (non-hydrogen) atoms. The number of aromatic nitrogens is 2. The predicted molar refractivity (Wildman–Crippen MR) is 121 cm³/mol. The number of benzene rings is 1. The van der Waals surface area contributed by atoms with Gasteiger partial charge in [-0.15, -0.1) is 11.3 Å². The van der Waals surface area contributed by atoms with Gasteiger partial charge in [0.05, 0.1) is 37.4 Å². The normalized spacial score (nSPS) is 23.2. The van der Waals surface area contributed by atoms with Crippen LogP contribution in [0.1, 0.15) is 19.7 Å². The minimum Gasteiger partial charge on any atom is -0.379 e. The van der Waals surface area contributed by atoms with Gasteiger partial charge in [0.25, 0.3) is 0 Å². The van der Waals surface area contributed by atoms with Crippen LogP contribution >= 0.6 is 11.3 Å². The topological polar surface area (TPSA) is 50.7 Å². The highest BCUT2D eigenvalue weighted by Crippen LogP contribution is 2.39. The van der Waals surface area contributed by atoms with Gasteiger partial charge in [0.15, 0.2) is 0 Å². The maximum atomic E-state index is 5.99. The molecule has 0 aliphatic carbocycles. The molecule has 2 aliphatic rings.